The Labute approximate surface area is 262 Å². The number of alkyl halides is 2. The van der Waals surface area contributed by atoms with Gasteiger partial charge in [0.05, 0.1) is 6.54 Å². The van der Waals surface area contributed by atoms with Crippen molar-refractivity contribution in [1.82, 2.24) is 20.2 Å². The molecule has 46 heavy (non-hydrogen) atoms. The summed E-state index contributed by atoms with van der Waals surface area (Å²) in [4.78, 5) is 36.1. The molecular weight excluding hydrogens is 595 g/mol. The lowest BCUT2D eigenvalue weighted by Crippen LogP contribution is -2.42. The molecule has 5 aromatic rings. The molecular formula is C35H30F3N5O3. The first-order valence-corrected chi connectivity index (χ1v) is 15.1. The fourth-order valence-corrected chi connectivity index (χ4v) is 5.97. The fourth-order valence-electron chi connectivity index (χ4n) is 5.97. The highest BCUT2D eigenvalue weighted by molar-refractivity contribution is 5.97. The molecule has 1 saturated heterocycles. The maximum Gasteiger partial charge on any atom is 0.253 e. The highest BCUT2D eigenvalue weighted by atomic mass is 19.3. The Morgan fingerprint density at radius 2 is 1.67 bits per heavy atom. The molecule has 2 amide bonds. The zero-order chi connectivity index (χ0) is 32.0. The lowest BCUT2D eigenvalue weighted by molar-refractivity contribution is -0.122. The summed E-state index contributed by atoms with van der Waals surface area (Å²) in [6, 6.07) is 20.4. The lowest BCUT2D eigenvalue weighted by Gasteiger charge is -2.31. The van der Waals surface area contributed by atoms with Gasteiger partial charge >= 0.3 is 0 Å². The Balaban J connectivity index is 1.12. The number of oxazole rings is 1. The van der Waals surface area contributed by atoms with Gasteiger partial charge in [-0.2, -0.15) is 0 Å². The van der Waals surface area contributed by atoms with E-state index in [1.807, 2.05) is 18.2 Å². The molecule has 0 bridgehead atoms. The minimum atomic E-state index is -2.73. The molecule has 3 N–H and O–H groups in total. The summed E-state index contributed by atoms with van der Waals surface area (Å²) in [6.07, 6.45) is 1.75. The summed E-state index contributed by atoms with van der Waals surface area (Å²) in [5, 5.41) is 2.93. The van der Waals surface area contributed by atoms with Crippen LogP contribution in [-0.2, 0) is 11.3 Å². The molecule has 11 heteroatoms. The molecule has 0 spiro atoms. The summed E-state index contributed by atoms with van der Waals surface area (Å²) < 4.78 is 47.1. The average molecular weight is 626 g/mol. The van der Waals surface area contributed by atoms with E-state index in [2.05, 4.69) is 15.3 Å². The number of benzene rings is 3. The highest BCUT2D eigenvalue weighted by Gasteiger charge is 2.44. The van der Waals surface area contributed by atoms with Crippen LogP contribution in [0, 0.1) is 11.7 Å². The van der Waals surface area contributed by atoms with Crippen molar-refractivity contribution in [1.29, 1.82) is 0 Å². The third-order valence-electron chi connectivity index (χ3n) is 8.72. The predicted octanol–water partition coefficient (Wildman–Crippen LogP) is 6.57. The molecule has 1 aliphatic heterocycles. The highest BCUT2D eigenvalue weighted by Crippen LogP contribution is 2.47. The number of hydrogen-bond donors (Lipinski definition) is 2. The van der Waals surface area contributed by atoms with E-state index in [9.17, 15) is 22.8 Å². The number of nitrogens with zero attached hydrogens (tertiary/aromatic N) is 3. The van der Waals surface area contributed by atoms with Gasteiger partial charge in [0, 0.05) is 49.2 Å². The molecule has 234 valence electrons. The van der Waals surface area contributed by atoms with Crippen LogP contribution in [-0.4, -0.2) is 45.7 Å². The van der Waals surface area contributed by atoms with Crippen LogP contribution in [0.4, 0.5) is 19.0 Å². The standard InChI is InChI=1S/C35H30F3N5O3/c36-25-8-5-21(6-9-25)27-15-24(20-1-3-22(4-2-20)34(45)43-13-11-35(37,38)12-14-43)16-29-32(27)46-31(42-29)19-41-33(44)28-17-26(28)23-7-10-30(39)40-18-23/h1-10,15-16,18,26,28H,11-14,17,19H2,(H2,39,40)(H,41,44)/t26-,28+/m1/s1. The summed E-state index contributed by atoms with van der Waals surface area (Å²) in [5.41, 5.74) is 11.1. The van der Waals surface area contributed by atoms with Gasteiger partial charge in [0.1, 0.15) is 17.2 Å². The maximum absolute atomic E-state index is 13.8. The van der Waals surface area contributed by atoms with Gasteiger partial charge in [-0.1, -0.05) is 30.3 Å². The number of hydrogen-bond acceptors (Lipinski definition) is 6. The summed E-state index contributed by atoms with van der Waals surface area (Å²) >= 11 is 0. The molecule has 2 aromatic heterocycles. The van der Waals surface area contributed by atoms with Crippen LogP contribution in [0.25, 0.3) is 33.4 Å². The number of rotatable bonds is 7. The van der Waals surface area contributed by atoms with Gasteiger partial charge in [0.15, 0.2) is 5.58 Å². The number of pyridine rings is 1. The number of nitrogen functional groups attached to an aromatic ring is 1. The number of carbonyl (C=O) groups excluding carboxylic acids is 2. The van der Waals surface area contributed by atoms with E-state index in [1.165, 1.54) is 17.0 Å². The first-order chi connectivity index (χ1) is 22.1. The van der Waals surface area contributed by atoms with E-state index < -0.39 is 5.92 Å². The van der Waals surface area contributed by atoms with Crippen LogP contribution in [0.2, 0.25) is 0 Å². The van der Waals surface area contributed by atoms with Gasteiger partial charge in [-0.05, 0) is 77.1 Å². The average Bonchev–Trinajstić information content (AvgIpc) is 3.75. The summed E-state index contributed by atoms with van der Waals surface area (Å²) in [6.45, 7) is 0.122. The van der Waals surface area contributed by atoms with Gasteiger partial charge in [0.2, 0.25) is 11.8 Å². The minimum absolute atomic E-state index is 0.0154. The smallest absolute Gasteiger partial charge is 0.253 e. The van der Waals surface area contributed by atoms with Crippen molar-refractivity contribution < 1.29 is 27.2 Å². The number of piperidine rings is 1. The molecule has 2 aliphatic rings. The van der Waals surface area contributed by atoms with Gasteiger partial charge in [-0.25, -0.2) is 23.1 Å². The van der Waals surface area contributed by atoms with E-state index >= 15 is 0 Å². The zero-order valence-corrected chi connectivity index (χ0v) is 24.7. The van der Waals surface area contributed by atoms with Crippen molar-refractivity contribution in [2.75, 3.05) is 18.8 Å². The Morgan fingerprint density at radius 3 is 2.37 bits per heavy atom. The maximum atomic E-state index is 13.8. The second kappa shape index (κ2) is 11.6. The number of carbonyl (C=O) groups is 2. The van der Waals surface area contributed by atoms with Crippen molar-refractivity contribution in [2.24, 2.45) is 5.92 Å². The Kier molecular flexibility index (Phi) is 7.46. The minimum Gasteiger partial charge on any atom is -0.438 e. The molecule has 7 rings (SSSR count). The van der Waals surface area contributed by atoms with E-state index in [-0.39, 0.29) is 61.9 Å². The zero-order valence-electron chi connectivity index (χ0n) is 24.7. The summed E-state index contributed by atoms with van der Waals surface area (Å²) in [7, 11) is 0. The normalized spacial score (nSPS) is 18.8. The van der Waals surface area contributed by atoms with Crippen LogP contribution >= 0.6 is 0 Å². The van der Waals surface area contributed by atoms with Crippen molar-refractivity contribution >= 4 is 28.7 Å². The van der Waals surface area contributed by atoms with E-state index in [1.54, 1.807) is 48.7 Å². The Morgan fingerprint density at radius 1 is 0.957 bits per heavy atom. The molecule has 3 heterocycles. The number of anilines is 1. The molecule has 0 unspecified atom stereocenters. The first kappa shape index (κ1) is 29.5. The molecule has 0 radical (unpaired) electrons. The van der Waals surface area contributed by atoms with Gasteiger partial charge in [-0.3, -0.25) is 9.59 Å². The lowest BCUT2D eigenvalue weighted by atomic mass is 9.97. The van der Waals surface area contributed by atoms with Gasteiger partial charge < -0.3 is 20.4 Å². The van der Waals surface area contributed by atoms with E-state index in [0.717, 1.165) is 23.1 Å². The predicted molar refractivity (Wildman–Crippen MR) is 166 cm³/mol. The summed E-state index contributed by atoms with van der Waals surface area (Å²) in [5.74, 6) is -2.80. The number of halogens is 3. The van der Waals surface area contributed by atoms with Crippen molar-refractivity contribution in [3.63, 3.8) is 0 Å². The molecule has 8 nitrogen and oxygen atoms in total. The Bertz CT molecular complexity index is 1910. The van der Waals surface area contributed by atoms with E-state index in [4.69, 9.17) is 10.2 Å². The first-order valence-electron chi connectivity index (χ1n) is 15.1. The van der Waals surface area contributed by atoms with E-state index in [0.29, 0.717) is 39.5 Å². The third-order valence-corrected chi connectivity index (χ3v) is 8.72. The molecule has 1 saturated carbocycles. The SMILES string of the molecule is Nc1ccc([C@H]2C[C@@H]2C(=O)NCc2nc3cc(-c4ccc(C(=O)N5CCC(F)(F)CC5)cc4)cc(-c4ccc(F)cc4)c3o2)cn1. The van der Waals surface area contributed by atoms with Crippen LogP contribution in [0.3, 0.4) is 0 Å². The van der Waals surface area contributed by atoms with Crippen molar-refractivity contribution in [3.8, 4) is 22.3 Å². The van der Waals surface area contributed by atoms with Crippen LogP contribution < -0.4 is 11.1 Å². The quantitative estimate of drug-likeness (QED) is 0.212. The number of nitrogens with one attached hydrogen (secondary N) is 1. The number of likely N-dealkylation sites (tertiary alicyclic amines) is 1. The molecule has 2 fully saturated rings. The fraction of sp³-hybridized carbons (Fsp3) is 0.257. The molecule has 1 aliphatic carbocycles. The monoisotopic (exact) mass is 625 g/mol. The number of aromatic nitrogens is 2. The number of fused-ring (bicyclic) bond motifs is 1. The van der Waals surface area contributed by atoms with Crippen LogP contribution in [0.5, 0.6) is 0 Å². The second-order valence-electron chi connectivity index (χ2n) is 11.9. The topological polar surface area (TPSA) is 114 Å². The Hall–Kier alpha value is -5.19. The van der Waals surface area contributed by atoms with Crippen LogP contribution in [0.1, 0.15) is 47.0 Å². The van der Waals surface area contributed by atoms with Gasteiger partial charge in [0.25, 0.3) is 11.8 Å². The largest absolute Gasteiger partial charge is 0.438 e. The van der Waals surface area contributed by atoms with Crippen molar-refractivity contribution in [2.45, 2.75) is 37.6 Å². The molecule has 2 atom stereocenters. The number of amides is 2. The van der Waals surface area contributed by atoms with Crippen LogP contribution in [0.15, 0.2) is 83.4 Å². The second-order valence-corrected chi connectivity index (χ2v) is 11.9. The van der Waals surface area contributed by atoms with Crippen molar-refractivity contribution in [3.05, 3.63) is 102 Å². The molecule has 3 aromatic carbocycles. The van der Waals surface area contributed by atoms with Gasteiger partial charge in [-0.15, -0.1) is 0 Å². The number of nitrogens with two attached hydrogens (primary N) is 1. The third kappa shape index (κ3) is 6.04.